The average Bonchev–Trinajstić information content (AvgIpc) is 2.61. The summed E-state index contributed by atoms with van der Waals surface area (Å²) in [4.78, 5) is 24.1. The van der Waals surface area contributed by atoms with Gasteiger partial charge < -0.3 is 10.1 Å². The zero-order valence-electron chi connectivity index (χ0n) is 13.7. The number of carbonyl (C=O) groups is 2. The van der Waals surface area contributed by atoms with Crippen molar-refractivity contribution < 1.29 is 14.3 Å². The lowest BCUT2D eigenvalue weighted by Gasteiger charge is -2.14. The third kappa shape index (κ3) is 3.77. The van der Waals surface area contributed by atoms with E-state index in [0.29, 0.717) is 11.1 Å². The van der Waals surface area contributed by atoms with Crippen LogP contribution in [0.4, 0.5) is 5.69 Å². The second-order valence-corrected chi connectivity index (χ2v) is 5.18. The van der Waals surface area contributed by atoms with Gasteiger partial charge in [0, 0.05) is 11.3 Å². The largest absolute Gasteiger partial charge is 0.465 e. The molecule has 0 bridgehead atoms. The normalized spacial score (nSPS) is 10.2. The van der Waals surface area contributed by atoms with Crippen molar-refractivity contribution in [1.82, 2.24) is 0 Å². The number of benzene rings is 2. The number of rotatable bonds is 5. The predicted molar refractivity (Wildman–Crippen MR) is 90.9 cm³/mol. The van der Waals surface area contributed by atoms with Crippen LogP contribution in [0.2, 0.25) is 0 Å². The molecule has 2 aromatic carbocycles. The Bertz CT molecular complexity index is 700. The molecule has 0 aliphatic heterocycles. The van der Waals surface area contributed by atoms with Crippen LogP contribution < -0.4 is 5.32 Å². The summed E-state index contributed by atoms with van der Waals surface area (Å²) < 4.78 is 4.69. The highest BCUT2D eigenvalue weighted by atomic mass is 16.5. The maximum Gasteiger partial charge on any atom is 0.337 e. The van der Waals surface area contributed by atoms with E-state index >= 15 is 0 Å². The van der Waals surface area contributed by atoms with Crippen LogP contribution in [0.5, 0.6) is 0 Å². The lowest BCUT2D eigenvalue weighted by Crippen LogP contribution is -2.15. The van der Waals surface area contributed by atoms with Gasteiger partial charge in [-0.1, -0.05) is 38.1 Å². The van der Waals surface area contributed by atoms with Gasteiger partial charge in [-0.3, -0.25) is 4.79 Å². The van der Waals surface area contributed by atoms with Gasteiger partial charge in [-0.15, -0.1) is 0 Å². The first-order chi connectivity index (χ1) is 11.1. The zero-order valence-corrected chi connectivity index (χ0v) is 13.7. The number of esters is 1. The number of para-hydroxylation sites is 1. The second kappa shape index (κ2) is 7.58. The van der Waals surface area contributed by atoms with Gasteiger partial charge in [-0.2, -0.15) is 0 Å². The van der Waals surface area contributed by atoms with Gasteiger partial charge in [-0.25, -0.2) is 4.79 Å². The van der Waals surface area contributed by atoms with E-state index in [1.807, 2.05) is 18.2 Å². The van der Waals surface area contributed by atoms with Crippen LogP contribution in [0.3, 0.4) is 0 Å². The molecular weight excluding hydrogens is 290 g/mol. The van der Waals surface area contributed by atoms with Crippen LogP contribution >= 0.6 is 0 Å². The van der Waals surface area contributed by atoms with Gasteiger partial charge in [-0.05, 0) is 42.2 Å². The van der Waals surface area contributed by atoms with Gasteiger partial charge in [0.2, 0.25) is 0 Å². The van der Waals surface area contributed by atoms with Crippen molar-refractivity contribution in [3.05, 3.63) is 64.7 Å². The predicted octanol–water partition coefficient (Wildman–Crippen LogP) is 3.85. The molecule has 0 unspecified atom stereocenters. The van der Waals surface area contributed by atoms with E-state index in [4.69, 9.17) is 4.74 Å². The summed E-state index contributed by atoms with van der Waals surface area (Å²) in [5, 5.41) is 2.99. The first kappa shape index (κ1) is 16.7. The average molecular weight is 311 g/mol. The number of hydrogen-bond donors (Lipinski definition) is 1. The second-order valence-electron chi connectivity index (χ2n) is 5.18. The lowest BCUT2D eigenvalue weighted by molar-refractivity contribution is 0.0600. The third-order valence-corrected chi connectivity index (χ3v) is 3.78. The summed E-state index contributed by atoms with van der Waals surface area (Å²) in [5.74, 6) is -0.686. The van der Waals surface area contributed by atoms with Crippen molar-refractivity contribution in [3.63, 3.8) is 0 Å². The highest BCUT2D eigenvalue weighted by molar-refractivity contribution is 6.06. The van der Waals surface area contributed by atoms with E-state index in [0.717, 1.165) is 29.7 Å². The summed E-state index contributed by atoms with van der Waals surface area (Å²) in [7, 11) is 1.32. The maximum atomic E-state index is 12.6. The minimum Gasteiger partial charge on any atom is -0.465 e. The molecule has 0 aromatic heterocycles. The molecule has 0 saturated heterocycles. The first-order valence-electron chi connectivity index (χ1n) is 7.71. The van der Waals surface area contributed by atoms with Gasteiger partial charge >= 0.3 is 5.97 Å². The van der Waals surface area contributed by atoms with E-state index in [1.54, 1.807) is 24.3 Å². The Balaban J connectivity index is 2.31. The molecule has 23 heavy (non-hydrogen) atoms. The number of methoxy groups -OCH3 is 1. The maximum absolute atomic E-state index is 12.6. The number of nitrogens with one attached hydrogen (secondary N) is 1. The topological polar surface area (TPSA) is 55.4 Å². The Morgan fingerprint density at radius 2 is 1.52 bits per heavy atom. The zero-order chi connectivity index (χ0) is 16.8. The molecule has 0 radical (unpaired) electrons. The molecular formula is C19H21NO3. The van der Waals surface area contributed by atoms with Crippen LogP contribution in [0, 0.1) is 0 Å². The molecule has 1 amide bonds. The number of aryl methyl sites for hydroxylation is 2. The van der Waals surface area contributed by atoms with Crippen molar-refractivity contribution in [3.8, 4) is 0 Å². The first-order valence-corrected chi connectivity index (χ1v) is 7.71. The van der Waals surface area contributed by atoms with E-state index in [9.17, 15) is 9.59 Å². The van der Waals surface area contributed by atoms with E-state index in [1.165, 1.54) is 7.11 Å². The highest BCUT2D eigenvalue weighted by Crippen LogP contribution is 2.23. The third-order valence-electron chi connectivity index (χ3n) is 3.78. The fourth-order valence-electron chi connectivity index (χ4n) is 2.49. The van der Waals surface area contributed by atoms with Crippen LogP contribution in [0.1, 0.15) is 45.7 Å². The van der Waals surface area contributed by atoms with Gasteiger partial charge in [0.25, 0.3) is 5.91 Å². The van der Waals surface area contributed by atoms with Crippen LogP contribution in [0.25, 0.3) is 0 Å². The van der Waals surface area contributed by atoms with E-state index < -0.39 is 5.97 Å². The van der Waals surface area contributed by atoms with Crippen LogP contribution in [0.15, 0.2) is 42.5 Å². The molecule has 0 spiro atoms. The SMILES string of the molecule is CCc1cccc(CC)c1NC(=O)c1cccc(C(=O)OC)c1. The number of anilines is 1. The fourth-order valence-corrected chi connectivity index (χ4v) is 2.49. The molecule has 4 heteroatoms. The summed E-state index contributed by atoms with van der Waals surface area (Å²) in [6.45, 7) is 4.12. The Hall–Kier alpha value is -2.62. The Kier molecular flexibility index (Phi) is 5.52. The van der Waals surface area contributed by atoms with Gasteiger partial charge in [0.15, 0.2) is 0 Å². The number of ether oxygens (including phenoxy) is 1. The molecule has 0 aliphatic rings. The lowest BCUT2D eigenvalue weighted by atomic mass is 10.0. The Labute approximate surface area is 136 Å². The molecule has 0 heterocycles. The van der Waals surface area contributed by atoms with Crippen molar-refractivity contribution in [2.75, 3.05) is 12.4 Å². The minimum absolute atomic E-state index is 0.230. The molecule has 1 N–H and O–H groups in total. The van der Waals surface area contributed by atoms with Crippen molar-refractivity contribution in [1.29, 1.82) is 0 Å². The van der Waals surface area contributed by atoms with Crippen LogP contribution in [-0.2, 0) is 17.6 Å². The molecule has 0 atom stereocenters. The molecule has 0 saturated carbocycles. The van der Waals surface area contributed by atoms with Gasteiger partial charge in [0.1, 0.15) is 0 Å². The fraction of sp³-hybridized carbons (Fsp3) is 0.263. The summed E-state index contributed by atoms with van der Waals surface area (Å²) in [5.41, 5.74) is 3.86. The monoisotopic (exact) mass is 311 g/mol. The standard InChI is InChI=1S/C19H21NO3/c1-4-13-8-6-9-14(5-2)17(13)20-18(21)15-10-7-11-16(12-15)19(22)23-3/h6-12H,4-5H2,1-3H3,(H,20,21). The summed E-state index contributed by atoms with van der Waals surface area (Å²) in [6.07, 6.45) is 1.68. The van der Waals surface area contributed by atoms with Crippen molar-refractivity contribution in [2.24, 2.45) is 0 Å². The number of hydrogen-bond acceptors (Lipinski definition) is 3. The molecule has 4 nitrogen and oxygen atoms in total. The highest BCUT2D eigenvalue weighted by Gasteiger charge is 2.14. The summed E-state index contributed by atoms with van der Waals surface area (Å²) >= 11 is 0. The van der Waals surface area contributed by atoms with Crippen LogP contribution in [-0.4, -0.2) is 19.0 Å². The van der Waals surface area contributed by atoms with Crippen molar-refractivity contribution >= 4 is 17.6 Å². The Morgan fingerprint density at radius 3 is 2.09 bits per heavy atom. The molecule has 120 valence electrons. The van der Waals surface area contributed by atoms with E-state index in [-0.39, 0.29) is 5.91 Å². The molecule has 2 aromatic rings. The van der Waals surface area contributed by atoms with Crippen molar-refractivity contribution in [2.45, 2.75) is 26.7 Å². The number of carbonyl (C=O) groups excluding carboxylic acids is 2. The molecule has 0 fully saturated rings. The quantitative estimate of drug-likeness (QED) is 0.853. The Morgan fingerprint density at radius 1 is 0.957 bits per heavy atom. The number of amides is 1. The molecule has 0 aliphatic carbocycles. The molecule has 2 rings (SSSR count). The van der Waals surface area contributed by atoms with E-state index in [2.05, 4.69) is 19.2 Å². The minimum atomic E-state index is -0.456. The summed E-state index contributed by atoms with van der Waals surface area (Å²) in [6, 6.07) is 12.6. The van der Waals surface area contributed by atoms with Gasteiger partial charge in [0.05, 0.1) is 12.7 Å². The smallest absolute Gasteiger partial charge is 0.337 e.